The molecule has 8 heteroatoms. The molecule has 1 aliphatic heterocycles. The number of nitrogens with zero attached hydrogens (tertiary/aromatic N) is 4. The third-order valence-electron chi connectivity index (χ3n) is 4.90. The van der Waals surface area contributed by atoms with E-state index in [4.69, 9.17) is 5.73 Å². The monoisotopic (exact) mass is 334 g/mol. The van der Waals surface area contributed by atoms with Crippen LogP contribution < -0.4 is 11.1 Å². The molecule has 2 amide bonds. The zero-order chi connectivity index (χ0) is 17.1. The lowest BCUT2D eigenvalue weighted by atomic mass is 9.92. The highest BCUT2D eigenvalue weighted by Crippen LogP contribution is 2.26. The number of amides is 2. The molecule has 2 heterocycles. The van der Waals surface area contributed by atoms with E-state index in [1.807, 2.05) is 6.92 Å². The highest BCUT2D eigenvalue weighted by Gasteiger charge is 2.31. The van der Waals surface area contributed by atoms with E-state index in [9.17, 15) is 9.59 Å². The summed E-state index contributed by atoms with van der Waals surface area (Å²) in [7, 11) is 0. The van der Waals surface area contributed by atoms with Crippen molar-refractivity contribution < 1.29 is 9.59 Å². The van der Waals surface area contributed by atoms with E-state index in [-0.39, 0.29) is 29.9 Å². The van der Waals surface area contributed by atoms with Gasteiger partial charge < -0.3 is 16.0 Å². The Morgan fingerprint density at radius 3 is 2.83 bits per heavy atom. The summed E-state index contributed by atoms with van der Waals surface area (Å²) in [5, 5.41) is 11.0. The van der Waals surface area contributed by atoms with Crippen molar-refractivity contribution in [2.75, 3.05) is 13.1 Å². The first-order chi connectivity index (χ1) is 11.6. The summed E-state index contributed by atoms with van der Waals surface area (Å²) in [6.07, 6.45) is 6.87. The standard InChI is InChI=1S/C16H26N6O2/c1-2-7-21-9-12(8-15(21)23)18-16(24)14-10-22(20-19-14)13-5-3-11(17)4-6-13/h10-13H,2-9,17H2,1H3,(H,18,24)/t11?,12-,13?/m0/s1. The summed E-state index contributed by atoms with van der Waals surface area (Å²) in [5.41, 5.74) is 6.23. The van der Waals surface area contributed by atoms with Gasteiger partial charge in [-0.25, -0.2) is 4.68 Å². The third kappa shape index (κ3) is 3.75. The fourth-order valence-electron chi connectivity index (χ4n) is 3.54. The fourth-order valence-corrected chi connectivity index (χ4v) is 3.54. The van der Waals surface area contributed by atoms with Gasteiger partial charge in [-0.2, -0.15) is 0 Å². The van der Waals surface area contributed by atoms with Crippen LogP contribution in [0.25, 0.3) is 0 Å². The van der Waals surface area contributed by atoms with E-state index in [2.05, 4.69) is 15.6 Å². The van der Waals surface area contributed by atoms with Gasteiger partial charge in [0.1, 0.15) is 0 Å². The molecule has 1 saturated carbocycles. The fraction of sp³-hybridized carbons (Fsp3) is 0.750. The highest BCUT2D eigenvalue weighted by molar-refractivity contribution is 5.93. The second kappa shape index (κ2) is 7.29. The van der Waals surface area contributed by atoms with Gasteiger partial charge in [-0.05, 0) is 32.1 Å². The Hall–Kier alpha value is -1.96. The summed E-state index contributed by atoms with van der Waals surface area (Å²) in [6, 6.07) is 0.403. The second-order valence-electron chi connectivity index (χ2n) is 6.87. The van der Waals surface area contributed by atoms with Crippen molar-refractivity contribution in [3.8, 4) is 0 Å². The summed E-state index contributed by atoms with van der Waals surface area (Å²) in [5.74, 6) is -0.158. The normalized spacial score (nSPS) is 27.5. The lowest BCUT2D eigenvalue weighted by Gasteiger charge is -2.25. The predicted octanol–water partition coefficient (Wildman–Crippen LogP) is 0.461. The number of likely N-dealkylation sites (tertiary alicyclic amines) is 1. The van der Waals surface area contributed by atoms with Gasteiger partial charge in [0.15, 0.2) is 5.69 Å². The molecule has 0 radical (unpaired) electrons. The average Bonchev–Trinajstić information content (AvgIpc) is 3.16. The van der Waals surface area contributed by atoms with Gasteiger partial charge >= 0.3 is 0 Å². The Balaban J connectivity index is 1.55. The molecule has 0 unspecified atom stereocenters. The van der Waals surface area contributed by atoms with Crippen molar-refractivity contribution in [1.82, 2.24) is 25.2 Å². The minimum Gasteiger partial charge on any atom is -0.346 e. The van der Waals surface area contributed by atoms with Crippen LogP contribution >= 0.6 is 0 Å². The molecular weight excluding hydrogens is 308 g/mol. The molecule has 3 rings (SSSR count). The zero-order valence-electron chi connectivity index (χ0n) is 14.1. The quantitative estimate of drug-likeness (QED) is 0.814. The minimum absolute atomic E-state index is 0.101. The number of hydrogen-bond acceptors (Lipinski definition) is 5. The van der Waals surface area contributed by atoms with E-state index in [1.165, 1.54) is 0 Å². The molecule has 1 saturated heterocycles. The summed E-state index contributed by atoms with van der Waals surface area (Å²) in [4.78, 5) is 26.0. The highest BCUT2D eigenvalue weighted by atomic mass is 16.2. The number of nitrogens with two attached hydrogens (primary N) is 1. The van der Waals surface area contributed by atoms with Gasteiger partial charge in [0, 0.05) is 25.6 Å². The maximum Gasteiger partial charge on any atom is 0.273 e. The molecule has 3 N–H and O–H groups in total. The van der Waals surface area contributed by atoms with Gasteiger partial charge in [-0.1, -0.05) is 12.1 Å². The molecule has 1 aromatic heterocycles. The Morgan fingerprint density at radius 2 is 2.12 bits per heavy atom. The van der Waals surface area contributed by atoms with Crippen LogP contribution in [-0.2, 0) is 4.79 Å². The zero-order valence-corrected chi connectivity index (χ0v) is 14.1. The van der Waals surface area contributed by atoms with Crippen LogP contribution in [0.4, 0.5) is 0 Å². The number of aromatic nitrogens is 3. The van der Waals surface area contributed by atoms with Gasteiger partial charge in [-0.3, -0.25) is 9.59 Å². The summed E-state index contributed by atoms with van der Waals surface area (Å²) in [6.45, 7) is 3.36. The molecule has 0 spiro atoms. The molecule has 2 fully saturated rings. The van der Waals surface area contributed by atoms with Crippen molar-refractivity contribution in [2.24, 2.45) is 5.73 Å². The molecule has 1 aliphatic carbocycles. The van der Waals surface area contributed by atoms with Crippen LogP contribution in [0, 0.1) is 0 Å². The Kier molecular flexibility index (Phi) is 5.13. The maximum atomic E-state index is 12.3. The van der Waals surface area contributed by atoms with Crippen molar-refractivity contribution in [2.45, 2.75) is 63.6 Å². The molecule has 2 aliphatic rings. The number of carbonyl (C=O) groups excluding carboxylic acids is 2. The topological polar surface area (TPSA) is 106 Å². The molecule has 1 aromatic rings. The average molecular weight is 334 g/mol. The van der Waals surface area contributed by atoms with Crippen LogP contribution in [0.5, 0.6) is 0 Å². The minimum atomic E-state index is -0.259. The van der Waals surface area contributed by atoms with Gasteiger partial charge in [0.2, 0.25) is 5.91 Å². The van der Waals surface area contributed by atoms with Crippen LogP contribution in [0.3, 0.4) is 0 Å². The van der Waals surface area contributed by atoms with Crippen LogP contribution in [0.1, 0.15) is 62.0 Å². The van der Waals surface area contributed by atoms with Crippen LogP contribution in [0.2, 0.25) is 0 Å². The van der Waals surface area contributed by atoms with Crippen molar-refractivity contribution in [1.29, 1.82) is 0 Å². The molecule has 24 heavy (non-hydrogen) atoms. The maximum absolute atomic E-state index is 12.3. The number of carbonyl (C=O) groups is 2. The molecule has 0 bridgehead atoms. The van der Waals surface area contributed by atoms with Crippen LogP contribution in [-0.4, -0.2) is 56.9 Å². The second-order valence-corrected chi connectivity index (χ2v) is 6.87. The smallest absolute Gasteiger partial charge is 0.273 e. The van der Waals surface area contributed by atoms with E-state index in [0.29, 0.717) is 18.7 Å². The van der Waals surface area contributed by atoms with Gasteiger partial charge in [0.05, 0.1) is 18.3 Å². The first-order valence-corrected chi connectivity index (χ1v) is 8.83. The molecule has 132 valence electrons. The SMILES string of the molecule is CCCN1C[C@@H](NC(=O)c2cn(C3CCC(N)CC3)nn2)CC1=O. The lowest BCUT2D eigenvalue weighted by Crippen LogP contribution is -2.37. The number of nitrogens with one attached hydrogen (secondary N) is 1. The third-order valence-corrected chi connectivity index (χ3v) is 4.90. The van der Waals surface area contributed by atoms with Gasteiger partial charge in [-0.15, -0.1) is 5.10 Å². The van der Waals surface area contributed by atoms with Gasteiger partial charge in [0.25, 0.3) is 5.91 Å². The summed E-state index contributed by atoms with van der Waals surface area (Å²) < 4.78 is 1.78. The summed E-state index contributed by atoms with van der Waals surface area (Å²) >= 11 is 0. The Morgan fingerprint density at radius 1 is 1.38 bits per heavy atom. The van der Waals surface area contributed by atoms with E-state index in [1.54, 1.807) is 15.8 Å². The predicted molar refractivity (Wildman–Crippen MR) is 88.2 cm³/mol. The lowest BCUT2D eigenvalue weighted by molar-refractivity contribution is -0.127. The van der Waals surface area contributed by atoms with Crippen molar-refractivity contribution in [3.05, 3.63) is 11.9 Å². The van der Waals surface area contributed by atoms with E-state index >= 15 is 0 Å². The van der Waals surface area contributed by atoms with Crippen molar-refractivity contribution in [3.63, 3.8) is 0 Å². The van der Waals surface area contributed by atoms with Crippen LogP contribution in [0.15, 0.2) is 6.20 Å². The van der Waals surface area contributed by atoms with Crippen molar-refractivity contribution >= 4 is 11.8 Å². The number of rotatable bonds is 5. The van der Waals surface area contributed by atoms with E-state index < -0.39 is 0 Å². The molecule has 0 aromatic carbocycles. The Bertz CT molecular complexity index is 593. The Labute approximate surface area is 141 Å². The van der Waals surface area contributed by atoms with E-state index in [0.717, 1.165) is 38.6 Å². The molecule has 1 atom stereocenters. The molecule has 8 nitrogen and oxygen atoms in total. The first kappa shape index (κ1) is 16.9. The number of hydrogen-bond donors (Lipinski definition) is 2. The molecular formula is C16H26N6O2. The first-order valence-electron chi connectivity index (χ1n) is 8.83. The largest absolute Gasteiger partial charge is 0.346 e.